The van der Waals surface area contributed by atoms with Crippen LogP contribution in [0.1, 0.15) is 24.8 Å². The molecular formula is C17H19ClF3N2O2+. The number of carbonyl (C=O) groups is 2. The van der Waals surface area contributed by atoms with E-state index in [2.05, 4.69) is 0 Å². The van der Waals surface area contributed by atoms with Gasteiger partial charge in [-0.1, -0.05) is 17.7 Å². The zero-order valence-electron chi connectivity index (χ0n) is 13.7. The number of likely N-dealkylation sites (tertiary alicyclic amines) is 1. The highest BCUT2D eigenvalue weighted by molar-refractivity contribution is 6.32. The largest absolute Gasteiger partial charge is 0.397 e. The molecule has 2 amide bonds. The van der Waals surface area contributed by atoms with Crippen LogP contribution in [0.15, 0.2) is 18.2 Å². The average Bonchev–Trinajstić information content (AvgIpc) is 2.84. The fourth-order valence-corrected chi connectivity index (χ4v) is 3.81. The van der Waals surface area contributed by atoms with Gasteiger partial charge in [-0.15, -0.1) is 0 Å². The number of hydrogen-bond donors (Lipinski definition) is 1. The zero-order valence-corrected chi connectivity index (χ0v) is 14.5. The van der Waals surface area contributed by atoms with E-state index in [-0.39, 0.29) is 19.4 Å². The number of anilines is 1. The van der Waals surface area contributed by atoms with Crippen molar-refractivity contribution in [3.8, 4) is 0 Å². The number of halogens is 4. The first-order valence-corrected chi connectivity index (χ1v) is 8.60. The molecule has 3 rings (SSSR count). The van der Waals surface area contributed by atoms with Gasteiger partial charge >= 0.3 is 6.18 Å². The molecule has 0 saturated carbocycles. The minimum Gasteiger partial charge on any atom is -0.324 e. The number of hydrogen-bond acceptors (Lipinski definition) is 2. The fourth-order valence-electron chi connectivity index (χ4n) is 3.64. The Morgan fingerprint density at radius 1 is 1.28 bits per heavy atom. The van der Waals surface area contributed by atoms with E-state index in [1.54, 1.807) is 25.1 Å². The van der Waals surface area contributed by atoms with Crippen LogP contribution >= 0.6 is 11.6 Å². The third-order valence-electron chi connectivity index (χ3n) is 5.08. The highest BCUT2D eigenvalue weighted by Gasteiger charge is 2.50. The van der Waals surface area contributed by atoms with Gasteiger partial charge in [-0.25, -0.2) is 4.90 Å². The van der Waals surface area contributed by atoms with Gasteiger partial charge in [0.2, 0.25) is 5.91 Å². The third-order valence-corrected chi connectivity index (χ3v) is 5.48. The Kier molecular flexibility index (Phi) is 4.81. The van der Waals surface area contributed by atoms with Crippen LogP contribution in [-0.4, -0.2) is 37.1 Å². The molecule has 2 fully saturated rings. The van der Waals surface area contributed by atoms with Gasteiger partial charge in [-0.3, -0.25) is 9.59 Å². The third kappa shape index (κ3) is 3.53. The van der Waals surface area contributed by atoms with Gasteiger partial charge in [-0.05, 0) is 37.5 Å². The SMILES string of the molecule is Cc1ccc(N2C(=O)C[C@@H]([NH+]3CCC[C@H](C(F)(F)F)C3)C2=O)cc1Cl. The highest BCUT2D eigenvalue weighted by atomic mass is 35.5. The highest BCUT2D eigenvalue weighted by Crippen LogP contribution is 2.31. The molecule has 0 aromatic heterocycles. The van der Waals surface area contributed by atoms with Crippen LogP contribution in [0.25, 0.3) is 0 Å². The van der Waals surface area contributed by atoms with Crippen molar-refractivity contribution in [2.75, 3.05) is 18.0 Å². The van der Waals surface area contributed by atoms with Crippen molar-refractivity contribution in [3.63, 3.8) is 0 Å². The smallest absolute Gasteiger partial charge is 0.324 e. The monoisotopic (exact) mass is 375 g/mol. The summed E-state index contributed by atoms with van der Waals surface area (Å²) >= 11 is 6.06. The normalized spacial score (nSPS) is 27.9. The molecule has 2 aliphatic heterocycles. The Labute approximate surface area is 148 Å². The number of amides is 2. The second-order valence-electron chi connectivity index (χ2n) is 6.75. The van der Waals surface area contributed by atoms with Crippen molar-refractivity contribution in [1.82, 2.24) is 0 Å². The Balaban J connectivity index is 1.80. The Hall–Kier alpha value is -1.60. The molecule has 1 N–H and O–H groups in total. The molecule has 4 nitrogen and oxygen atoms in total. The molecule has 2 heterocycles. The first-order chi connectivity index (χ1) is 11.7. The predicted octanol–water partition coefficient (Wildman–Crippen LogP) is 2.14. The van der Waals surface area contributed by atoms with Crippen molar-refractivity contribution >= 4 is 29.1 Å². The first-order valence-electron chi connectivity index (χ1n) is 8.22. The van der Waals surface area contributed by atoms with E-state index in [1.165, 1.54) is 0 Å². The van der Waals surface area contributed by atoms with Gasteiger partial charge in [0.1, 0.15) is 5.92 Å². The molecule has 1 aromatic rings. The number of rotatable bonds is 2. The lowest BCUT2D eigenvalue weighted by molar-refractivity contribution is -0.924. The van der Waals surface area contributed by atoms with Gasteiger partial charge in [0, 0.05) is 5.02 Å². The molecule has 136 valence electrons. The standard InChI is InChI=1S/C17H18ClF3N2O2/c1-10-4-5-12(7-13(10)18)23-15(24)8-14(16(23)25)22-6-2-3-11(9-22)17(19,20)21/h4-5,7,11,14H,2-3,6,8-9H2,1H3/p+1/t11-,14+/m0/s1. The number of carbonyl (C=O) groups excluding carboxylic acids is 2. The number of quaternary nitrogens is 1. The number of nitrogens with one attached hydrogen (secondary N) is 1. The number of alkyl halides is 3. The minimum absolute atomic E-state index is 0.0652. The van der Waals surface area contributed by atoms with E-state index in [1.807, 2.05) is 0 Å². The molecule has 0 spiro atoms. The summed E-state index contributed by atoms with van der Waals surface area (Å²) in [6, 6.07) is 4.12. The zero-order chi connectivity index (χ0) is 18.4. The van der Waals surface area contributed by atoms with Crippen LogP contribution in [0.2, 0.25) is 5.02 Å². The van der Waals surface area contributed by atoms with Gasteiger partial charge in [-0.2, -0.15) is 13.2 Å². The van der Waals surface area contributed by atoms with Crippen molar-refractivity contribution in [1.29, 1.82) is 0 Å². The average molecular weight is 376 g/mol. The quantitative estimate of drug-likeness (QED) is 0.805. The molecule has 2 saturated heterocycles. The lowest BCUT2D eigenvalue weighted by Gasteiger charge is -2.33. The maximum atomic E-state index is 13.0. The van der Waals surface area contributed by atoms with Gasteiger partial charge in [0.25, 0.3) is 5.91 Å². The molecular weight excluding hydrogens is 357 g/mol. The lowest BCUT2D eigenvalue weighted by Crippen LogP contribution is -3.18. The van der Waals surface area contributed by atoms with Gasteiger partial charge in [0.15, 0.2) is 6.04 Å². The second-order valence-corrected chi connectivity index (χ2v) is 7.16. The van der Waals surface area contributed by atoms with E-state index in [0.29, 0.717) is 28.6 Å². The van der Waals surface area contributed by atoms with Crippen LogP contribution in [0.4, 0.5) is 18.9 Å². The summed E-state index contributed by atoms with van der Waals surface area (Å²) in [5.74, 6) is -2.25. The Morgan fingerprint density at radius 3 is 2.64 bits per heavy atom. The predicted molar refractivity (Wildman–Crippen MR) is 86.6 cm³/mol. The number of nitrogens with zero attached hydrogens (tertiary/aromatic N) is 1. The first kappa shape index (κ1) is 18.2. The molecule has 0 radical (unpaired) electrons. The summed E-state index contributed by atoms with van der Waals surface area (Å²) in [6.45, 7) is 2.12. The fraction of sp³-hybridized carbons (Fsp3) is 0.529. The summed E-state index contributed by atoms with van der Waals surface area (Å²) in [5, 5.41) is 0.434. The molecule has 0 bridgehead atoms. The van der Waals surface area contributed by atoms with E-state index in [4.69, 9.17) is 11.6 Å². The molecule has 1 aromatic carbocycles. The second kappa shape index (κ2) is 6.61. The minimum atomic E-state index is -4.26. The molecule has 25 heavy (non-hydrogen) atoms. The van der Waals surface area contributed by atoms with Crippen molar-refractivity contribution < 1.29 is 27.7 Å². The van der Waals surface area contributed by atoms with Crippen LogP contribution in [0.5, 0.6) is 0 Å². The topological polar surface area (TPSA) is 41.8 Å². The van der Waals surface area contributed by atoms with E-state index >= 15 is 0 Å². The molecule has 0 aliphatic carbocycles. The molecule has 2 aliphatic rings. The lowest BCUT2D eigenvalue weighted by atomic mass is 9.96. The van der Waals surface area contributed by atoms with Crippen LogP contribution in [0, 0.1) is 12.8 Å². The molecule has 8 heteroatoms. The maximum absolute atomic E-state index is 13.0. The molecule has 3 atom stereocenters. The van der Waals surface area contributed by atoms with Crippen molar-refractivity contribution in [3.05, 3.63) is 28.8 Å². The number of imide groups is 1. The van der Waals surface area contributed by atoms with Gasteiger partial charge in [0.05, 0.1) is 25.2 Å². The van der Waals surface area contributed by atoms with E-state index < -0.39 is 30.0 Å². The van der Waals surface area contributed by atoms with Crippen molar-refractivity contribution in [2.45, 2.75) is 38.4 Å². The molecule has 1 unspecified atom stereocenters. The van der Waals surface area contributed by atoms with Crippen molar-refractivity contribution in [2.24, 2.45) is 5.92 Å². The summed E-state index contributed by atoms with van der Waals surface area (Å²) in [7, 11) is 0. The van der Waals surface area contributed by atoms with Crippen LogP contribution < -0.4 is 9.80 Å². The summed E-state index contributed by atoms with van der Waals surface area (Å²) in [6.07, 6.45) is -3.85. The van der Waals surface area contributed by atoms with Crippen LogP contribution in [-0.2, 0) is 9.59 Å². The summed E-state index contributed by atoms with van der Waals surface area (Å²) < 4.78 is 39.0. The Bertz CT molecular complexity index is 708. The summed E-state index contributed by atoms with van der Waals surface area (Å²) in [5.41, 5.74) is 1.19. The van der Waals surface area contributed by atoms with E-state index in [9.17, 15) is 22.8 Å². The number of piperidine rings is 1. The Morgan fingerprint density at radius 2 is 2.00 bits per heavy atom. The maximum Gasteiger partial charge on any atom is 0.397 e. The number of aryl methyl sites for hydroxylation is 1. The van der Waals surface area contributed by atoms with Gasteiger partial charge < -0.3 is 4.90 Å². The number of benzene rings is 1. The summed E-state index contributed by atoms with van der Waals surface area (Å²) in [4.78, 5) is 26.7. The van der Waals surface area contributed by atoms with E-state index in [0.717, 1.165) is 10.5 Å². The van der Waals surface area contributed by atoms with Crippen LogP contribution in [0.3, 0.4) is 0 Å².